The number of nitrogens with zero attached hydrogens (tertiary/aromatic N) is 2. The van der Waals surface area contributed by atoms with Gasteiger partial charge in [-0.05, 0) is 31.2 Å². The lowest BCUT2D eigenvalue weighted by molar-refractivity contribution is 0.239. The molecule has 2 aromatic heterocycles. The Bertz CT molecular complexity index is 783. The van der Waals surface area contributed by atoms with Crippen LogP contribution in [0.2, 0.25) is 0 Å². The highest BCUT2D eigenvalue weighted by Crippen LogP contribution is 2.19. The largest absolute Gasteiger partial charge is 0.356 e. The molecule has 3 aromatic rings. The molecule has 6 heteroatoms. The molecule has 0 aliphatic rings. The standard InChI is InChI=1S/C16H16N4O2/c1-11-5-6-15-13(8-11)14(20-22-15)10-19-16(21)18-9-12-4-2-3-7-17-12/h2-8H,9-10H2,1H3,(H2,18,19,21). The molecule has 6 nitrogen and oxygen atoms in total. The lowest BCUT2D eigenvalue weighted by atomic mass is 10.1. The summed E-state index contributed by atoms with van der Waals surface area (Å²) in [6.07, 6.45) is 1.69. The number of urea groups is 1. The lowest BCUT2D eigenvalue weighted by Gasteiger charge is -2.06. The van der Waals surface area contributed by atoms with Crippen molar-refractivity contribution < 1.29 is 9.32 Å². The molecule has 0 spiro atoms. The minimum atomic E-state index is -0.269. The van der Waals surface area contributed by atoms with Crippen molar-refractivity contribution in [3.8, 4) is 0 Å². The summed E-state index contributed by atoms with van der Waals surface area (Å²) in [6.45, 7) is 2.69. The van der Waals surface area contributed by atoms with Crippen molar-refractivity contribution in [1.29, 1.82) is 0 Å². The van der Waals surface area contributed by atoms with E-state index >= 15 is 0 Å². The number of amides is 2. The zero-order valence-electron chi connectivity index (χ0n) is 12.2. The first kappa shape index (κ1) is 14.1. The molecule has 0 unspecified atom stereocenters. The smallest absolute Gasteiger partial charge is 0.315 e. The SMILES string of the molecule is Cc1ccc2onc(CNC(=O)NCc3ccccn3)c2c1. The first-order valence-electron chi connectivity index (χ1n) is 6.99. The van der Waals surface area contributed by atoms with Crippen LogP contribution in [0.25, 0.3) is 11.0 Å². The number of aromatic nitrogens is 2. The van der Waals surface area contributed by atoms with E-state index in [-0.39, 0.29) is 6.03 Å². The van der Waals surface area contributed by atoms with Crippen molar-refractivity contribution >= 4 is 17.0 Å². The topological polar surface area (TPSA) is 80.0 Å². The molecule has 2 heterocycles. The Morgan fingerprint density at radius 1 is 1.18 bits per heavy atom. The zero-order valence-corrected chi connectivity index (χ0v) is 12.2. The van der Waals surface area contributed by atoms with Gasteiger partial charge < -0.3 is 15.2 Å². The predicted molar refractivity (Wildman–Crippen MR) is 82.1 cm³/mol. The van der Waals surface area contributed by atoms with Crippen LogP contribution in [0, 0.1) is 6.92 Å². The van der Waals surface area contributed by atoms with E-state index < -0.39 is 0 Å². The van der Waals surface area contributed by atoms with Crippen LogP contribution in [0.4, 0.5) is 4.79 Å². The van der Waals surface area contributed by atoms with Gasteiger partial charge in [-0.3, -0.25) is 4.98 Å². The van der Waals surface area contributed by atoms with E-state index in [9.17, 15) is 4.79 Å². The summed E-state index contributed by atoms with van der Waals surface area (Å²) in [5.74, 6) is 0. The fourth-order valence-corrected chi connectivity index (χ4v) is 2.13. The molecule has 0 radical (unpaired) electrons. The molecule has 2 amide bonds. The number of carbonyl (C=O) groups excluding carboxylic acids is 1. The monoisotopic (exact) mass is 296 g/mol. The van der Waals surface area contributed by atoms with E-state index in [2.05, 4.69) is 20.8 Å². The average Bonchev–Trinajstić information content (AvgIpc) is 2.94. The van der Waals surface area contributed by atoms with Crippen LogP contribution >= 0.6 is 0 Å². The van der Waals surface area contributed by atoms with E-state index in [1.807, 2.05) is 43.3 Å². The van der Waals surface area contributed by atoms with E-state index in [0.717, 1.165) is 22.2 Å². The maximum Gasteiger partial charge on any atom is 0.315 e. The fourth-order valence-electron chi connectivity index (χ4n) is 2.13. The second-order valence-electron chi connectivity index (χ2n) is 4.99. The first-order valence-corrected chi connectivity index (χ1v) is 6.99. The van der Waals surface area contributed by atoms with Crippen molar-refractivity contribution in [2.24, 2.45) is 0 Å². The van der Waals surface area contributed by atoms with Crippen LogP contribution in [0.1, 0.15) is 17.0 Å². The number of hydrogen-bond acceptors (Lipinski definition) is 4. The van der Waals surface area contributed by atoms with Crippen LogP contribution in [0.15, 0.2) is 47.1 Å². The van der Waals surface area contributed by atoms with Crippen LogP contribution in [0.3, 0.4) is 0 Å². The molecular weight excluding hydrogens is 280 g/mol. The van der Waals surface area contributed by atoms with E-state index in [1.54, 1.807) is 6.20 Å². The van der Waals surface area contributed by atoms with Crippen LogP contribution in [0.5, 0.6) is 0 Å². The Morgan fingerprint density at radius 2 is 2.05 bits per heavy atom. The summed E-state index contributed by atoms with van der Waals surface area (Å²) >= 11 is 0. The highest BCUT2D eigenvalue weighted by Gasteiger charge is 2.09. The summed E-state index contributed by atoms with van der Waals surface area (Å²) in [4.78, 5) is 15.9. The third-order valence-electron chi connectivity index (χ3n) is 3.27. The average molecular weight is 296 g/mol. The Hall–Kier alpha value is -2.89. The summed E-state index contributed by atoms with van der Waals surface area (Å²) in [5, 5.41) is 10.4. The number of benzene rings is 1. The number of pyridine rings is 1. The van der Waals surface area contributed by atoms with Gasteiger partial charge in [-0.1, -0.05) is 22.9 Å². The second kappa shape index (κ2) is 6.26. The molecule has 0 aliphatic heterocycles. The number of nitrogens with one attached hydrogen (secondary N) is 2. The zero-order chi connectivity index (χ0) is 15.4. The third kappa shape index (κ3) is 3.22. The quantitative estimate of drug-likeness (QED) is 0.775. The van der Waals surface area contributed by atoms with Gasteiger partial charge >= 0.3 is 6.03 Å². The second-order valence-corrected chi connectivity index (χ2v) is 4.99. The lowest BCUT2D eigenvalue weighted by Crippen LogP contribution is -2.34. The summed E-state index contributed by atoms with van der Waals surface area (Å²) < 4.78 is 5.23. The van der Waals surface area contributed by atoms with Crippen molar-refractivity contribution in [2.75, 3.05) is 0 Å². The van der Waals surface area contributed by atoms with Gasteiger partial charge in [0, 0.05) is 11.6 Å². The van der Waals surface area contributed by atoms with Gasteiger partial charge in [0.1, 0.15) is 5.69 Å². The van der Waals surface area contributed by atoms with Crippen LogP contribution in [-0.2, 0) is 13.1 Å². The molecule has 2 N–H and O–H groups in total. The summed E-state index contributed by atoms with van der Waals surface area (Å²) in [7, 11) is 0. The van der Waals surface area contributed by atoms with Gasteiger partial charge in [0.2, 0.25) is 0 Å². The Kier molecular flexibility index (Phi) is 4.00. The number of fused-ring (bicyclic) bond motifs is 1. The van der Waals surface area contributed by atoms with Crippen LogP contribution < -0.4 is 10.6 Å². The van der Waals surface area contributed by atoms with E-state index in [0.29, 0.717) is 18.8 Å². The summed E-state index contributed by atoms with van der Waals surface area (Å²) in [6, 6.07) is 11.1. The molecule has 0 aliphatic carbocycles. The van der Waals surface area contributed by atoms with Gasteiger partial charge in [0.25, 0.3) is 0 Å². The molecule has 0 fully saturated rings. The molecule has 0 saturated heterocycles. The normalized spacial score (nSPS) is 10.6. The number of rotatable bonds is 4. The third-order valence-corrected chi connectivity index (χ3v) is 3.27. The maximum atomic E-state index is 11.8. The fraction of sp³-hybridized carbons (Fsp3) is 0.188. The minimum Gasteiger partial charge on any atom is -0.356 e. The van der Waals surface area contributed by atoms with Crippen molar-refractivity contribution in [3.05, 3.63) is 59.5 Å². The van der Waals surface area contributed by atoms with Crippen molar-refractivity contribution in [3.63, 3.8) is 0 Å². The van der Waals surface area contributed by atoms with Gasteiger partial charge in [0.15, 0.2) is 5.58 Å². The molecule has 0 bridgehead atoms. The molecular formula is C16H16N4O2. The predicted octanol–water partition coefficient (Wildman–Crippen LogP) is 2.53. The van der Waals surface area contributed by atoms with Gasteiger partial charge in [-0.25, -0.2) is 4.79 Å². The highest BCUT2D eigenvalue weighted by molar-refractivity contribution is 5.81. The Labute approximate surface area is 127 Å². The van der Waals surface area contributed by atoms with E-state index in [4.69, 9.17) is 4.52 Å². The van der Waals surface area contributed by atoms with Gasteiger partial charge in [-0.15, -0.1) is 0 Å². The molecule has 1 aromatic carbocycles. The number of aryl methyl sites for hydroxylation is 1. The number of hydrogen-bond donors (Lipinski definition) is 2. The number of carbonyl (C=O) groups is 1. The maximum absolute atomic E-state index is 11.8. The van der Waals surface area contributed by atoms with Crippen molar-refractivity contribution in [2.45, 2.75) is 20.0 Å². The molecule has 22 heavy (non-hydrogen) atoms. The molecule has 0 atom stereocenters. The van der Waals surface area contributed by atoms with E-state index in [1.165, 1.54) is 0 Å². The molecule has 112 valence electrons. The minimum absolute atomic E-state index is 0.269. The summed E-state index contributed by atoms with van der Waals surface area (Å²) in [5.41, 5.74) is 3.36. The Balaban J connectivity index is 1.57. The molecule has 0 saturated carbocycles. The first-order chi connectivity index (χ1) is 10.7. The molecule has 3 rings (SSSR count). The Morgan fingerprint density at radius 3 is 2.86 bits per heavy atom. The highest BCUT2D eigenvalue weighted by atomic mass is 16.5. The van der Waals surface area contributed by atoms with Crippen molar-refractivity contribution in [1.82, 2.24) is 20.8 Å². The van der Waals surface area contributed by atoms with Crippen LogP contribution in [-0.4, -0.2) is 16.2 Å². The van der Waals surface area contributed by atoms with Gasteiger partial charge in [0.05, 0.1) is 18.8 Å². The van der Waals surface area contributed by atoms with Gasteiger partial charge in [-0.2, -0.15) is 0 Å².